The van der Waals surface area contributed by atoms with E-state index in [4.69, 9.17) is 5.84 Å². The third-order valence-electron chi connectivity index (χ3n) is 2.15. The second-order valence-electron chi connectivity index (χ2n) is 3.41. The van der Waals surface area contributed by atoms with Crippen molar-refractivity contribution in [1.82, 2.24) is 5.43 Å². The van der Waals surface area contributed by atoms with Gasteiger partial charge in [-0.3, -0.25) is 11.3 Å². The highest BCUT2D eigenvalue weighted by molar-refractivity contribution is 5.27. The summed E-state index contributed by atoms with van der Waals surface area (Å²) in [4.78, 5) is 0. The fourth-order valence-corrected chi connectivity index (χ4v) is 1.44. The minimum absolute atomic E-state index is 0.119. The molecule has 0 fully saturated rings. The second-order valence-corrected chi connectivity index (χ2v) is 3.41. The number of halogens is 1. The average Bonchev–Trinajstić information content (AvgIpc) is 2.17. The van der Waals surface area contributed by atoms with Gasteiger partial charge in [-0.05, 0) is 37.1 Å². The Morgan fingerprint density at radius 3 is 2.73 bits per heavy atom. The van der Waals surface area contributed by atoms with Gasteiger partial charge in [0.25, 0.3) is 0 Å². The van der Waals surface area contributed by atoms with Gasteiger partial charge in [0.2, 0.25) is 0 Å². The molecule has 3 heteroatoms. The summed E-state index contributed by atoms with van der Waals surface area (Å²) < 4.78 is 13.1. The van der Waals surface area contributed by atoms with Crippen LogP contribution < -0.4 is 11.3 Å². The van der Waals surface area contributed by atoms with Crippen molar-refractivity contribution < 1.29 is 4.39 Å². The van der Waals surface area contributed by atoms with Crippen molar-refractivity contribution in [1.29, 1.82) is 0 Å². The number of aryl methyl sites for hydroxylation is 1. The van der Waals surface area contributed by atoms with Crippen molar-refractivity contribution in [2.45, 2.75) is 26.3 Å². The molecule has 80 valence electrons. The highest BCUT2D eigenvalue weighted by atomic mass is 19.1. The molecule has 1 rings (SSSR count). The van der Waals surface area contributed by atoms with E-state index in [1.807, 2.05) is 13.0 Å². The van der Waals surface area contributed by atoms with Crippen LogP contribution in [0.4, 0.5) is 4.39 Å². The number of nitrogens with two attached hydrogens (primary N) is 1. The monoisotopic (exact) mass is 206 g/mol. The molecule has 0 aliphatic rings. The molecule has 0 spiro atoms. The quantitative estimate of drug-likeness (QED) is 0.451. The number of benzene rings is 1. The minimum Gasteiger partial charge on any atom is -0.271 e. The fourth-order valence-electron chi connectivity index (χ4n) is 1.44. The van der Waals surface area contributed by atoms with E-state index in [0.717, 1.165) is 11.1 Å². The fraction of sp³-hybridized carbons (Fsp3) is 0.333. The molecule has 0 amide bonds. The largest absolute Gasteiger partial charge is 0.271 e. The Morgan fingerprint density at radius 2 is 2.20 bits per heavy atom. The van der Waals surface area contributed by atoms with Gasteiger partial charge in [-0.1, -0.05) is 6.07 Å². The first-order valence-corrected chi connectivity index (χ1v) is 4.80. The number of rotatable bonds is 3. The van der Waals surface area contributed by atoms with Crippen LogP contribution >= 0.6 is 0 Å². The van der Waals surface area contributed by atoms with Gasteiger partial charge in [0, 0.05) is 6.42 Å². The molecular weight excluding hydrogens is 191 g/mol. The maximum absolute atomic E-state index is 13.1. The van der Waals surface area contributed by atoms with E-state index in [2.05, 4.69) is 17.3 Å². The summed E-state index contributed by atoms with van der Waals surface area (Å²) in [5.41, 5.74) is 4.35. The molecule has 0 bridgehead atoms. The zero-order chi connectivity index (χ0) is 11.3. The predicted octanol–water partition coefficient (Wildman–Crippen LogP) is 2.05. The Hall–Kier alpha value is -1.37. The van der Waals surface area contributed by atoms with Crippen LogP contribution in [0.25, 0.3) is 0 Å². The normalized spacial score (nSPS) is 11.7. The Morgan fingerprint density at radius 1 is 1.47 bits per heavy atom. The van der Waals surface area contributed by atoms with Gasteiger partial charge >= 0.3 is 0 Å². The maximum Gasteiger partial charge on any atom is 0.123 e. The van der Waals surface area contributed by atoms with Crippen molar-refractivity contribution in [2.24, 2.45) is 5.84 Å². The van der Waals surface area contributed by atoms with E-state index in [0.29, 0.717) is 6.42 Å². The summed E-state index contributed by atoms with van der Waals surface area (Å²) in [6, 6.07) is 4.76. The van der Waals surface area contributed by atoms with Crippen LogP contribution in [0.5, 0.6) is 0 Å². The zero-order valence-corrected chi connectivity index (χ0v) is 8.97. The highest BCUT2D eigenvalue weighted by Crippen LogP contribution is 2.18. The number of hydrogen-bond acceptors (Lipinski definition) is 2. The molecule has 2 nitrogen and oxygen atoms in total. The Balaban J connectivity index is 2.93. The summed E-state index contributed by atoms with van der Waals surface area (Å²) in [6.07, 6.45) is 0.579. The lowest BCUT2D eigenvalue weighted by Crippen LogP contribution is -2.27. The molecule has 0 aliphatic heterocycles. The van der Waals surface area contributed by atoms with Crippen LogP contribution in [-0.4, -0.2) is 0 Å². The van der Waals surface area contributed by atoms with Gasteiger partial charge in [-0.25, -0.2) is 4.39 Å². The lowest BCUT2D eigenvalue weighted by molar-refractivity contribution is 0.558. The third-order valence-corrected chi connectivity index (χ3v) is 2.15. The molecule has 0 radical (unpaired) electrons. The van der Waals surface area contributed by atoms with E-state index < -0.39 is 0 Å². The molecule has 1 unspecified atom stereocenters. The summed E-state index contributed by atoms with van der Waals surface area (Å²) >= 11 is 0. The summed E-state index contributed by atoms with van der Waals surface area (Å²) in [5.74, 6) is 10.9. The first kappa shape index (κ1) is 11.7. The Labute approximate surface area is 89.6 Å². The van der Waals surface area contributed by atoms with E-state index in [1.165, 1.54) is 12.1 Å². The van der Waals surface area contributed by atoms with Gasteiger partial charge in [-0.2, -0.15) is 0 Å². The Bertz CT molecular complexity index is 370. The van der Waals surface area contributed by atoms with Crippen LogP contribution in [0.15, 0.2) is 18.2 Å². The molecule has 1 aromatic carbocycles. The lowest BCUT2D eigenvalue weighted by atomic mass is 10.0. The minimum atomic E-state index is -0.241. The van der Waals surface area contributed by atoms with Crippen molar-refractivity contribution in [3.05, 3.63) is 35.1 Å². The van der Waals surface area contributed by atoms with Crippen molar-refractivity contribution >= 4 is 0 Å². The van der Waals surface area contributed by atoms with Gasteiger partial charge in [-0.15, -0.1) is 11.8 Å². The molecule has 0 aliphatic carbocycles. The molecule has 15 heavy (non-hydrogen) atoms. The molecule has 0 aromatic heterocycles. The average molecular weight is 206 g/mol. The first-order valence-electron chi connectivity index (χ1n) is 4.80. The predicted molar refractivity (Wildman–Crippen MR) is 59.3 cm³/mol. The molecule has 1 atom stereocenters. The van der Waals surface area contributed by atoms with Crippen molar-refractivity contribution in [2.75, 3.05) is 0 Å². The Kier molecular flexibility index (Phi) is 4.29. The van der Waals surface area contributed by atoms with Crippen molar-refractivity contribution in [3.8, 4) is 11.8 Å². The SMILES string of the molecule is CC#CCC(NN)c1cc(C)cc(F)c1. The molecule has 1 aromatic rings. The van der Waals surface area contributed by atoms with Gasteiger partial charge in [0.05, 0.1) is 6.04 Å². The van der Waals surface area contributed by atoms with Crippen LogP contribution in [0.3, 0.4) is 0 Å². The molecule has 0 saturated carbocycles. The van der Waals surface area contributed by atoms with Gasteiger partial charge < -0.3 is 0 Å². The van der Waals surface area contributed by atoms with E-state index in [-0.39, 0.29) is 11.9 Å². The van der Waals surface area contributed by atoms with Crippen LogP contribution in [-0.2, 0) is 0 Å². The first-order chi connectivity index (χ1) is 7.17. The third kappa shape index (κ3) is 3.35. The number of hydrazine groups is 1. The second kappa shape index (κ2) is 5.50. The molecule has 3 N–H and O–H groups in total. The summed E-state index contributed by atoms with van der Waals surface area (Å²) in [7, 11) is 0. The molecular formula is C12H15FN2. The number of hydrogen-bond donors (Lipinski definition) is 2. The molecule has 0 saturated heterocycles. The number of nitrogens with one attached hydrogen (secondary N) is 1. The topological polar surface area (TPSA) is 38.0 Å². The lowest BCUT2D eigenvalue weighted by Gasteiger charge is -2.14. The van der Waals surface area contributed by atoms with E-state index >= 15 is 0 Å². The van der Waals surface area contributed by atoms with Crippen LogP contribution in [0, 0.1) is 24.6 Å². The summed E-state index contributed by atoms with van der Waals surface area (Å²) in [6.45, 7) is 3.62. The highest BCUT2D eigenvalue weighted by Gasteiger charge is 2.09. The smallest absolute Gasteiger partial charge is 0.123 e. The van der Waals surface area contributed by atoms with E-state index in [1.54, 1.807) is 6.92 Å². The van der Waals surface area contributed by atoms with Gasteiger partial charge in [0.15, 0.2) is 0 Å². The zero-order valence-electron chi connectivity index (χ0n) is 8.97. The maximum atomic E-state index is 13.1. The molecule has 0 heterocycles. The van der Waals surface area contributed by atoms with Crippen LogP contribution in [0.2, 0.25) is 0 Å². The van der Waals surface area contributed by atoms with Gasteiger partial charge in [0.1, 0.15) is 5.82 Å². The standard InChI is InChI=1S/C12H15FN2/c1-3-4-5-12(15-14)10-6-9(2)7-11(13)8-10/h6-8,12,15H,5,14H2,1-2H3. The van der Waals surface area contributed by atoms with Crippen LogP contribution in [0.1, 0.15) is 30.5 Å². The van der Waals surface area contributed by atoms with E-state index in [9.17, 15) is 4.39 Å². The van der Waals surface area contributed by atoms with Crippen molar-refractivity contribution in [3.63, 3.8) is 0 Å². The summed E-state index contributed by atoms with van der Waals surface area (Å²) in [5, 5.41) is 0.